The molecule has 0 unspecified atom stereocenters. The molecule has 3 rings (SSSR count). The molecule has 2 amide bonds. The number of piperidine rings is 1. The van der Waals surface area contributed by atoms with E-state index < -0.39 is 17.3 Å². The first kappa shape index (κ1) is 23.8. The number of anilines is 1. The van der Waals surface area contributed by atoms with Crippen LogP contribution in [0.3, 0.4) is 0 Å². The average Bonchev–Trinajstić information content (AvgIpc) is 2.66. The van der Waals surface area contributed by atoms with Crippen molar-refractivity contribution in [3.8, 4) is 5.88 Å². The van der Waals surface area contributed by atoms with Gasteiger partial charge in [-0.05, 0) is 52.0 Å². The van der Waals surface area contributed by atoms with Crippen molar-refractivity contribution in [2.24, 2.45) is 0 Å². The Bertz CT molecular complexity index is 995. The number of hydrogen-bond acceptors (Lipinski definition) is 5. The number of halogens is 2. The van der Waals surface area contributed by atoms with E-state index in [0.29, 0.717) is 25.3 Å². The molecular weight excluding hydrogens is 437 g/mol. The summed E-state index contributed by atoms with van der Waals surface area (Å²) in [4.78, 5) is 30.9. The number of carbonyl (C=O) groups is 2. The Hall–Kier alpha value is -2.87. The van der Waals surface area contributed by atoms with Crippen LogP contribution in [0.15, 0.2) is 36.4 Å². The topological polar surface area (TPSA) is 80.8 Å². The molecule has 0 saturated carbocycles. The Balaban J connectivity index is 1.59. The standard InChI is InChI=1S/C23H27ClFN3O4/c1-14-12-16(10-11-28(14)22(30)32-23(2,3)4)31-20-7-5-6-19(26-20)27-21(29)17-9-8-15(25)13-18(17)24/h5-9,13-14,16H,10-12H2,1-4H3,(H,26,27,29)/t14-,16-/m1/s1. The lowest BCUT2D eigenvalue weighted by Gasteiger charge is -2.38. The Morgan fingerprint density at radius 2 is 2.00 bits per heavy atom. The summed E-state index contributed by atoms with van der Waals surface area (Å²) < 4.78 is 24.7. The summed E-state index contributed by atoms with van der Waals surface area (Å²) in [5, 5.41) is 2.66. The van der Waals surface area contributed by atoms with Crippen LogP contribution in [-0.2, 0) is 4.74 Å². The number of amides is 2. The molecule has 172 valence electrons. The van der Waals surface area contributed by atoms with Crippen LogP contribution in [0.4, 0.5) is 15.0 Å². The fourth-order valence-corrected chi connectivity index (χ4v) is 3.66. The van der Waals surface area contributed by atoms with Gasteiger partial charge in [-0.15, -0.1) is 0 Å². The van der Waals surface area contributed by atoms with E-state index in [9.17, 15) is 14.0 Å². The minimum Gasteiger partial charge on any atom is -0.474 e. The lowest BCUT2D eigenvalue weighted by Crippen LogP contribution is -2.49. The van der Waals surface area contributed by atoms with Gasteiger partial charge in [-0.1, -0.05) is 17.7 Å². The highest BCUT2D eigenvalue weighted by atomic mass is 35.5. The van der Waals surface area contributed by atoms with Crippen LogP contribution < -0.4 is 10.1 Å². The van der Waals surface area contributed by atoms with Crippen molar-refractivity contribution >= 4 is 29.4 Å². The summed E-state index contributed by atoms with van der Waals surface area (Å²) in [7, 11) is 0. The van der Waals surface area contributed by atoms with Crippen molar-refractivity contribution in [2.75, 3.05) is 11.9 Å². The number of nitrogens with one attached hydrogen (secondary N) is 1. The largest absolute Gasteiger partial charge is 0.474 e. The van der Waals surface area contributed by atoms with E-state index in [0.717, 1.165) is 6.07 Å². The first-order valence-corrected chi connectivity index (χ1v) is 10.8. The van der Waals surface area contributed by atoms with Crippen LogP contribution in [-0.4, -0.2) is 46.2 Å². The first-order valence-electron chi connectivity index (χ1n) is 10.4. The predicted molar refractivity (Wildman–Crippen MR) is 120 cm³/mol. The van der Waals surface area contributed by atoms with Crippen LogP contribution in [0.25, 0.3) is 0 Å². The molecule has 1 fully saturated rings. The second-order valence-corrected chi connectivity index (χ2v) is 9.13. The maximum atomic E-state index is 13.2. The molecule has 1 aromatic carbocycles. The molecule has 0 radical (unpaired) electrons. The van der Waals surface area contributed by atoms with Gasteiger partial charge in [0.15, 0.2) is 0 Å². The molecule has 32 heavy (non-hydrogen) atoms. The maximum absolute atomic E-state index is 13.2. The van der Waals surface area contributed by atoms with Crippen LogP contribution >= 0.6 is 11.6 Å². The SMILES string of the molecule is C[C@@H]1C[C@H](Oc2cccc(NC(=O)c3ccc(F)cc3Cl)n2)CCN1C(=O)OC(C)(C)C. The number of likely N-dealkylation sites (tertiary alicyclic amines) is 1. The van der Waals surface area contributed by atoms with Crippen molar-refractivity contribution in [3.63, 3.8) is 0 Å². The van der Waals surface area contributed by atoms with E-state index >= 15 is 0 Å². The molecule has 2 aromatic rings. The molecule has 2 atom stereocenters. The summed E-state index contributed by atoms with van der Waals surface area (Å²) in [5.74, 6) is -0.381. The maximum Gasteiger partial charge on any atom is 0.410 e. The number of carbonyl (C=O) groups excluding carboxylic acids is 2. The highest BCUT2D eigenvalue weighted by molar-refractivity contribution is 6.34. The van der Waals surface area contributed by atoms with Gasteiger partial charge in [-0.25, -0.2) is 9.18 Å². The van der Waals surface area contributed by atoms with Crippen LogP contribution in [0.2, 0.25) is 5.02 Å². The highest BCUT2D eigenvalue weighted by Crippen LogP contribution is 2.25. The van der Waals surface area contributed by atoms with E-state index in [2.05, 4.69) is 10.3 Å². The number of benzene rings is 1. The van der Waals surface area contributed by atoms with Crippen molar-refractivity contribution in [2.45, 2.75) is 58.3 Å². The fourth-order valence-electron chi connectivity index (χ4n) is 3.41. The van der Waals surface area contributed by atoms with Gasteiger partial charge < -0.3 is 19.7 Å². The molecule has 1 N–H and O–H groups in total. The van der Waals surface area contributed by atoms with E-state index in [-0.39, 0.29) is 34.6 Å². The van der Waals surface area contributed by atoms with Gasteiger partial charge in [0.05, 0.1) is 10.6 Å². The highest BCUT2D eigenvalue weighted by Gasteiger charge is 2.32. The van der Waals surface area contributed by atoms with Crippen LogP contribution in [0, 0.1) is 5.82 Å². The van der Waals surface area contributed by atoms with Gasteiger partial charge in [-0.3, -0.25) is 4.79 Å². The molecule has 0 bridgehead atoms. The van der Waals surface area contributed by atoms with Gasteiger partial charge in [0.1, 0.15) is 23.3 Å². The van der Waals surface area contributed by atoms with Crippen molar-refractivity contribution in [3.05, 3.63) is 52.8 Å². The van der Waals surface area contributed by atoms with Gasteiger partial charge in [-0.2, -0.15) is 4.98 Å². The summed E-state index contributed by atoms with van der Waals surface area (Å²) >= 11 is 5.95. The second-order valence-electron chi connectivity index (χ2n) is 8.73. The zero-order chi connectivity index (χ0) is 23.5. The predicted octanol–water partition coefficient (Wildman–Crippen LogP) is 5.29. The molecule has 2 heterocycles. The summed E-state index contributed by atoms with van der Waals surface area (Å²) in [6.45, 7) is 7.99. The molecular formula is C23H27ClFN3O4. The molecule has 0 aliphatic carbocycles. The van der Waals surface area contributed by atoms with Gasteiger partial charge in [0.2, 0.25) is 5.88 Å². The van der Waals surface area contributed by atoms with Crippen LogP contribution in [0.1, 0.15) is 50.9 Å². The summed E-state index contributed by atoms with van der Waals surface area (Å²) in [6.07, 6.45) is 0.801. The minimum absolute atomic E-state index is 0.0145. The zero-order valence-corrected chi connectivity index (χ0v) is 19.3. The molecule has 9 heteroatoms. The fraction of sp³-hybridized carbons (Fsp3) is 0.435. The number of ether oxygens (including phenoxy) is 2. The Labute approximate surface area is 191 Å². The number of hydrogen-bond donors (Lipinski definition) is 1. The normalized spacial score (nSPS) is 18.8. The summed E-state index contributed by atoms with van der Waals surface area (Å²) in [5.41, 5.74) is -0.401. The molecule has 1 aromatic heterocycles. The Morgan fingerprint density at radius 3 is 2.66 bits per heavy atom. The second kappa shape index (κ2) is 9.73. The lowest BCUT2D eigenvalue weighted by molar-refractivity contribution is -0.00149. The van der Waals surface area contributed by atoms with Gasteiger partial charge in [0.25, 0.3) is 5.91 Å². The van der Waals surface area contributed by atoms with Gasteiger partial charge >= 0.3 is 6.09 Å². The van der Waals surface area contributed by atoms with E-state index in [1.807, 2.05) is 27.7 Å². The number of aromatic nitrogens is 1. The average molecular weight is 464 g/mol. The third-order valence-electron chi connectivity index (χ3n) is 4.88. The third kappa shape index (κ3) is 6.32. The van der Waals surface area contributed by atoms with Gasteiger partial charge in [0, 0.05) is 31.5 Å². The zero-order valence-electron chi connectivity index (χ0n) is 18.5. The molecule has 0 spiro atoms. The van der Waals surface area contributed by atoms with Crippen molar-refractivity contribution in [1.82, 2.24) is 9.88 Å². The molecule has 1 aliphatic rings. The summed E-state index contributed by atoms with van der Waals surface area (Å²) in [6, 6.07) is 8.54. The van der Waals surface area contributed by atoms with E-state index in [4.69, 9.17) is 21.1 Å². The van der Waals surface area contributed by atoms with E-state index in [1.54, 1.807) is 23.1 Å². The molecule has 1 saturated heterocycles. The molecule has 1 aliphatic heterocycles. The third-order valence-corrected chi connectivity index (χ3v) is 5.20. The minimum atomic E-state index is -0.545. The quantitative estimate of drug-likeness (QED) is 0.666. The molecule has 7 nitrogen and oxygen atoms in total. The van der Waals surface area contributed by atoms with Crippen molar-refractivity contribution < 1.29 is 23.5 Å². The monoisotopic (exact) mass is 463 g/mol. The van der Waals surface area contributed by atoms with Crippen LogP contribution in [0.5, 0.6) is 5.88 Å². The van der Waals surface area contributed by atoms with E-state index in [1.165, 1.54) is 12.1 Å². The Morgan fingerprint density at radius 1 is 1.25 bits per heavy atom. The Kier molecular flexibility index (Phi) is 7.23. The first-order chi connectivity index (χ1) is 15.0. The number of rotatable bonds is 4. The lowest BCUT2D eigenvalue weighted by atomic mass is 10.0. The van der Waals surface area contributed by atoms with Crippen molar-refractivity contribution in [1.29, 1.82) is 0 Å². The smallest absolute Gasteiger partial charge is 0.410 e. The number of pyridine rings is 1. The number of nitrogens with zero attached hydrogens (tertiary/aromatic N) is 2.